The highest BCUT2D eigenvalue weighted by Gasteiger charge is 2.29. The van der Waals surface area contributed by atoms with E-state index >= 15 is 0 Å². The Bertz CT molecular complexity index is 362. The average Bonchev–Trinajstić information content (AvgIpc) is 2.77. The fraction of sp³-hybridized carbons (Fsp3) is 0.941. The molecule has 0 radical (unpaired) electrons. The van der Waals surface area contributed by atoms with E-state index in [9.17, 15) is 5.26 Å². The summed E-state index contributed by atoms with van der Waals surface area (Å²) in [7, 11) is 0. The van der Waals surface area contributed by atoms with E-state index < -0.39 is 0 Å². The van der Waals surface area contributed by atoms with Crippen LogP contribution in [0.5, 0.6) is 0 Å². The van der Waals surface area contributed by atoms with Crippen molar-refractivity contribution < 1.29 is 0 Å². The van der Waals surface area contributed by atoms with Crippen molar-refractivity contribution >= 4 is 0 Å². The van der Waals surface area contributed by atoms with E-state index in [0.717, 1.165) is 25.4 Å². The Labute approximate surface area is 130 Å². The lowest BCUT2D eigenvalue weighted by Gasteiger charge is -2.28. The molecule has 0 aromatic heterocycles. The minimum Gasteiger partial charge on any atom is -0.302 e. The Kier molecular flexibility index (Phi) is 6.04. The first-order valence-corrected chi connectivity index (χ1v) is 8.68. The van der Waals surface area contributed by atoms with Gasteiger partial charge in [-0.1, -0.05) is 0 Å². The molecular weight excluding hydrogens is 260 g/mol. The van der Waals surface area contributed by atoms with Crippen molar-refractivity contribution in [2.45, 2.75) is 70.5 Å². The van der Waals surface area contributed by atoms with Gasteiger partial charge in [0, 0.05) is 18.6 Å². The molecule has 2 rings (SSSR count). The topological polar surface area (TPSA) is 42.3 Å². The first-order chi connectivity index (χ1) is 10.0. The minimum atomic E-state index is -0.376. The van der Waals surface area contributed by atoms with Crippen LogP contribution in [0.4, 0.5) is 0 Å². The van der Waals surface area contributed by atoms with Crippen LogP contribution >= 0.6 is 0 Å². The summed E-state index contributed by atoms with van der Waals surface area (Å²) in [4.78, 5) is 5.31. The first kappa shape index (κ1) is 16.7. The summed E-state index contributed by atoms with van der Waals surface area (Å²) in [5, 5.41) is 12.8. The molecule has 0 aromatic carbocycles. The van der Waals surface area contributed by atoms with Crippen LogP contribution in [0.25, 0.3) is 0 Å². The Balaban J connectivity index is 1.76. The Morgan fingerprint density at radius 3 is 2.76 bits per heavy atom. The highest BCUT2D eigenvalue weighted by molar-refractivity contribution is 5.04. The van der Waals surface area contributed by atoms with Gasteiger partial charge in [0.2, 0.25) is 0 Å². The van der Waals surface area contributed by atoms with Crippen molar-refractivity contribution in [1.82, 2.24) is 15.1 Å². The number of nitrogens with zero attached hydrogens (tertiary/aromatic N) is 3. The largest absolute Gasteiger partial charge is 0.302 e. The zero-order valence-electron chi connectivity index (χ0n) is 14.1. The van der Waals surface area contributed by atoms with E-state index in [1.807, 2.05) is 6.92 Å². The third-order valence-electron chi connectivity index (χ3n) is 4.89. The van der Waals surface area contributed by atoms with Gasteiger partial charge in [-0.25, -0.2) is 0 Å². The van der Waals surface area contributed by atoms with Crippen LogP contribution in [-0.2, 0) is 0 Å². The van der Waals surface area contributed by atoms with Crippen LogP contribution in [0.15, 0.2) is 0 Å². The summed E-state index contributed by atoms with van der Waals surface area (Å²) < 4.78 is 0. The smallest absolute Gasteiger partial charge is 0.104 e. The SMILES string of the molecule is CC(C)NC(C)(C#N)CCCN1CCCN2CCCC2C1. The van der Waals surface area contributed by atoms with Crippen molar-refractivity contribution in [2.75, 3.05) is 32.7 Å². The molecule has 2 aliphatic heterocycles. The lowest BCUT2D eigenvalue weighted by Crippen LogP contribution is -2.45. The normalized spacial score (nSPS) is 27.1. The number of fused-ring (bicyclic) bond motifs is 1. The average molecular weight is 292 g/mol. The summed E-state index contributed by atoms with van der Waals surface area (Å²) in [5.41, 5.74) is -0.376. The second kappa shape index (κ2) is 7.58. The number of nitrogens with one attached hydrogen (secondary N) is 1. The molecule has 0 amide bonds. The zero-order valence-corrected chi connectivity index (χ0v) is 14.1. The predicted molar refractivity (Wildman–Crippen MR) is 87.2 cm³/mol. The monoisotopic (exact) mass is 292 g/mol. The lowest BCUT2D eigenvalue weighted by molar-refractivity contribution is 0.213. The summed E-state index contributed by atoms with van der Waals surface area (Å²) in [6, 6.07) is 3.62. The van der Waals surface area contributed by atoms with Crippen molar-refractivity contribution in [1.29, 1.82) is 5.26 Å². The van der Waals surface area contributed by atoms with Crippen molar-refractivity contribution in [3.63, 3.8) is 0 Å². The summed E-state index contributed by atoms with van der Waals surface area (Å²) in [6.07, 6.45) is 6.10. The van der Waals surface area contributed by atoms with E-state index in [-0.39, 0.29) is 5.54 Å². The molecule has 2 fully saturated rings. The van der Waals surface area contributed by atoms with Crippen LogP contribution in [0, 0.1) is 11.3 Å². The molecule has 120 valence electrons. The maximum absolute atomic E-state index is 9.41. The second-order valence-corrected chi connectivity index (χ2v) is 7.33. The maximum Gasteiger partial charge on any atom is 0.104 e. The summed E-state index contributed by atoms with van der Waals surface area (Å²) in [5.74, 6) is 0. The standard InChI is InChI=1S/C17H32N4/c1-15(2)19-17(3,14-18)8-5-9-20-10-6-12-21-11-4-7-16(21)13-20/h15-16,19H,4-13H2,1-3H3. The number of hydrogen-bond acceptors (Lipinski definition) is 4. The molecule has 21 heavy (non-hydrogen) atoms. The molecular formula is C17H32N4. The fourth-order valence-electron chi connectivity index (χ4n) is 3.94. The molecule has 2 unspecified atom stereocenters. The summed E-state index contributed by atoms with van der Waals surface area (Å²) >= 11 is 0. The molecule has 1 N–H and O–H groups in total. The molecule has 0 aliphatic carbocycles. The van der Waals surface area contributed by atoms with E-state index in [0.29, 0.717) is 6.04 Å². The lowest BCUT2D eigenvalue weighted by atomic mass is 9.96. The van der Waals surface area contributed by atoms with E-state index in [2.05, 4.69) is 35.0 Å². The second-order valence-electron chi connectivity index (χ2n) is 7.33. The molecule has 2 aliphatic rings. The van der Waals surface area contributed by atoms with Gasteiger partial charge in [-0.3, -0.25) is 10.2 Å². The van der Waals surface area contributed by atoms with Gasteiger partial charge in [0.1, 0.15) is 5.54 Å². The Hall–Kier alpha value is -0.630. The van der Waals surface area contributed by atoms with Crippen molar-refractivity contribution in [3.8, 4) is 6.07 Å². The first-order valence-electron chi connectivity index (χ1n) is 8.68. The Morgan fingerprint density at radius 2 is 2.05 bits per heavy atom. The van der Waals surface area contributed by atoms with Gasteiger partial charge in [-0.15, -0.1) is 0 Å². The minimum absolute atomic E-state index is 0.361. The number of nitriles is 1. The van der Waals surface area contributed by atoms with Crippen LogP contribution in [0.3, 0.4) is 0 Å². The fourth-order valence-corrected chi connectivity index (χ4v) is 3.94. The quantitative estimate of drug-likeness (QED) is 0.815. The third kappa shape index (κ3) is 4.95. The van der Waals surface area contributed by atoms with Crippen molar-refractivity contribution in [3.05, 3.63) is 0 Å². The Morgan fingerprint density at radius 1 is 1.29 bits per heavy atom. The molecule has 2 heterocycles. The molecule has 0 bridgehead atoms. The third-order valence-corrected chi connectivity index (χ3v) is 4.89. The van der Waals surface area contributed by atoms with E-state index in [1.54, 1.807) is 0 Å². The van der Waals surface area contributed by atoms with Gasteiger partial charge in [0.05, 0.1) is 6.07 Å². The van der Waals surface area contributed by atoms with Gasteiger partial charge in [-0.05, 0) is 79.1 Å². The van der Waals surface area contributed by atoms with Gasteiger partial charge in [-0.2, -0.15) is 5.26 Å². The van der Waals surface area contributed by atoms with E-state index in [4.69, 9.17) is 0 Å². The maximum atomic E-state index is 9.41. The van der Waals surface area contributed by atoms with Gasteiger partial charge >= 0.3 is 0 Å². The predicted octanol–water partition coefficient (Wildman–Crippen LogP) is 2.22. The van der Waals surface area contributed by atoms with E-state index in [1.165, 1.54) is 45.4 Å². The number of hydrogen-bond donors (Lipinski definition) is 1. The van der Waals surface area contributed by atoms with Crippen LogP contribution in [-0.4, -0.2) is 60.1 Å². The molecule has 0 saturated carbocycles. The highest BCUT2D eigenvalue weighted by atomic mass is 15.3. The van der Waals surface area contributed by atoms with Gasteiger partial charge in [0.15, 0.2) is 0 Å². The van der Waals surface area contributed by atoms with Gasteiger partial charge < -0.3 is 4.90 Å². The molecule has 4 heteroatoms. The summed E-state index contributed by atoms with van der Waals surface area (Å²) in [6.45, 7) is 12.5. The molecule has 0 aromatic rings. The van der Waals surface area contributed by atoms with Crippen LogP contribution < -0.4 is 5.32 Å². The van der Waals surface area contributed by atoms with Crippen molar-refractivity contribution in [2.24, 2.45) is 0 Å². The molecule has 2 saturated heterocycles. The highest BCUT2D eigenvalue weighted by Crippen LogP contribution is 2.22. The molecule has 4 nitrogen and oxygen atoms in total. The molecule has 0 spiro atoms. The zero-order chi connectivity index (χ0) is 15.3. The number of rotatable bonds is 6. The van der Waals surface area contributed by atoms with Gasteiger partial charge in [0.25, 0.3) is 0 Å². The van der Waals surface area contributed by atoms with Crippen LogP contribution in [0.1, 0.15) is 52.9 Å². The molecule has 2 atom stereocenters. The van der Waals surface area contributed by atoms with Crippen LogP contribution in [0.2, 0.25) is 0 Å².